The van der Waals surface area contributed by atoms with Crippen molar-refractivity contribution in [1.82, 2.24) is 19.9 Å². The largest absolute Gasteiger partial charge is 0.496 e. The summed E-state index contributed by atoms with van der Waals surface area (Å²) in [6.45, 7) is 3.71. The van der Waals surface area contributed by atoms with Gasteiger partial charge in [0.25, 0.3) is 5.91 Å². The molecule has 0 atom stereocenters. The Hall–Kier alpha value is -3.09. The average Bonchev–Trinajstić information content (AvgIpc) is 3.14. The lowest BCUT2D eigenvalue weighted by Gasteiger charge is -2.32. The van der Waals surface area contributed by atoms with Crippen molar-refractivity contribution in [3.05, 3.63) is 53.7 Å². The molecule has 27 heavy (non-hydrogen) atoms. The Kier molecular flexibility index (Phi) is 4.66. The summed E-state index contributed by atoms with van der Waals surface area (Å²) in [6, 6.07) is 13.4. The second-order valence-corrected chi connectivity index (χ2v) is 6.80. The molecular weight excluding hydrogens is 342 g/mol. The van der Waals surface area contributed by atoms with Crippen molar-refractivity contribution in [2.75, 3.05) is 25.1 Å². The number of aryl methyl sites for hydroxylation is 1. The summed E-state index contributed by atoms with van der Waals surface area (Å²) in [7, 11) is 1.58. The molecule has 1 fully saturated rings. The molecule has 1 aliphatic heterocycles. The van der Waals surface area contributed by atoms with Crippen molar-refractivity contribution in [2.24, 2.45) is 0 Å². The van der Waals surface area contributed by atoms with Gasteiger partial charge in [-0.1, -0.05) is 18.2 Å². The van der Waals surface area contributed by atoms with Gasteiger partial charge < -0.3 is 15.0 Å². The van der Waals surface area contributed by atoms with E-state index >= 15 is 0 Å². The number of ether oxygens (including phenoxy) is 1. The van der Waals surface area contributed by atoms with Crippen molar-refractivity contribution in [1.29, 1.82) is 0 Å². The van der Waals surface area contributed by atoms with Crippen LogP contribution in [0.1, 0.15) is 28.9 Å². The molecule has 1 aliphatic rings. The standard InChI is InChI=1S/C20H23N5O2/c1-14-6-5-9-18-22-23-20(25(14)18)24-12-10-15(11-13-24)21-19(26)16-7-3-4-8-17(16)27-2/h3-9,15H,10-13H2,1-2H3,(H,21,26). The summed E-state index contributed by atoms with van der Waals surface area (Å²) in [6.07, 6.45) is 1.73. The van der Waals surface area contributed by atoms with Crippen LogP contribution in [0.5, 0.6) is 5.75 Å². The van der Waals surface area contributed by atoms with Gasteiger partial charge in [-0.25, -0.2) is 0 Å². The van der Waals surface area contributed by atoms with Crippen LogP contribution in [0.4, 0.5) is 5.95 Å². The van der Waals surface area contributed by atoms with E-state index in [1.165, 1.54) is 0 Å². The average molecular weight is 365 g/mol. The number of fused-ring (bicyclic) bond motifs is 1. The number of hydrogen-bond acceptors (Lipinski definition) is 5. The number of carbonyl (C=O) groups excluding carboxylic acids is 1. The third kappa shape index (κ3) is 3.32. The molecule has 140 valence electrons. The topological polar surface area (TPSA) is 71.8 Å². The number of methoxy groups -OCH3 is 1. The van der Waals surface area contributed by atoms with Gasteiger partial charge in [0.1, 0.15) is 5.75 Å². The molecule has 1 amide bonds. The van der Waals surface area contributed by atoms with Gasteiger partial charge in [-0.15, -0.1) is 10.2 Å². The zero-order chi connectivity index (χ0) is 18.8. The SMILES string of the molecule is COc1ccccc1C(=O)NC1CCN(c2nnc3cccc(C)n23)CC1. The van der Waals surface area contributed by atoms with Gasteiger partial charge in [0.05, 0.1) is 12.7 Å². The maximum atomic E-state index is 12.6. The summed E-state index contributed by atoms with van der Waals surface area (Å²) < 4.78 is 7.36. The van der Waals surface area contributed by atoms with E-state index in [2.05, 4.69) is 37.8 Å². The van der Waals surface area contributed by atoms with Gasteiger partial charge in [-0.05, 0) is 44.0 Å². The number of nitrogens with zero attached hydrogens (tertiary/aromatic N) is 4. The Morgan fingerprint density at radius 3 is 2.67 bits per heavy atom. The molecule has 3 aromatic rings. The first-order chi connectivity index (χ1) is 13.2. The van der Waals surface area contributed by atoms with Crippen LogP contribution >= 0.6 is 0 Å². The molecular formula is C20H23N5O2. The number of rotatable bonds is 4. The third-order valence-corrected chi connectivity index (χ3v) is 5.07. The van der Waals surface area contributed by atoms with Crippen LogP contribution in [-0.2, 0) is 0 Å². The fourth-order valence-electron chi connectivity index (χ4n) is 3.61. The molecule has 0 bridgehead atoms. The Balaban J connectivity index is 1.42. The van der Waals surface area contributed by atoms with Gasteiger partial charge in [0, 0.05) is 24.8 Å². The summed E-state index contributed by atoms with van der Waals surface area (Å²) in [5, 5.41) is 11.8. The number of para-hydroxylation sites is 1. The first kappa shape index (κ1) is 17.3. The normalized spacial score (nSPS) is 15.1. The lowest BCUT2D eigenvalue weighted by molar-refractivity contribution is 0.0928. The van der Waals surface area contributed by atoms with Gasteiger partial charge in [-0.2, -0.15) is 0 Å². The second kappa shape index (κ2) is 7.26. The smallest absolute Gasteiger partial charge is 0.255 e. The molecule has 1 aromatic carbocycles. The lowest BCUT2D eigenvalue weighted by Crippen LogP contribution is -2.45. The first-order valence-electron chi connectivity index (χ1n) is 9.17. The lowest BCUT2D eigenvalue weighted by atomic mass is 10.0. The Morgan fingerprint density at radius 2 is 1.89 bits per heavy atom. The molecule has 2 aromatic heterocycles. The van der Waals surface area contributed by atoms with Crippen LogP contribution < -0.4 is 15.0 Å². The highest BCUT2D eigenvalue weighted by Gasteiger charge is 2.25. The number of hydrogen-bond donors (Lipinski definition) is 1. The highest BCUT2D eigenvalue weighted by molar-refractivity contribution is 5.97. The molecule has 1 N–H and O–H groups in total. The van der Waals surface area contributed by atoms with Crippen LogP contribution in [0, 0.1) is 6.92 Å². The van der Waals surface area contributed by atoms with E-state index in [-0.39, 0.29) is 11.9 Å². The summed E-state index contributed by atoms with van der Waals surface area (Å²) >= 11 is 0. The Morgan fingerprint density at radius 1 is 1.11 bits per heavy atom. The van der Waals surface area contributed by atoms with Crippen LogP contribution in [0.25, 0.3) is 5.65 Å². The first-order valence-corrected chi connectivity index (χ1v) is 9.17. The molecule has 1 saturated heterocycles. The van der Waals surface area contributed by atoms with Crippen molar-refractivity contribution < 1.29 is 9.53 Å². The molecule has 0 unspecified atom stereocenters. The van der Waals surface area contributed by atoms with Gasteiger partial charge >= 0.3 is 0 Å². The second-order valence-electron chi connectivity index (χ2n) is 6.80. The van der Waals surface area contributed by atoms with E-state index in [0.717, 1.165) is 43.2 Å². The molecule has 0 spiro atoms. The van der Waals surface area contributed by atoms with E-state index in [1.807, 2.05) is 24.3 Å². The van der Waals surface area contributed by atoms with E-state index in [4.69, 9.17) is 4.74 Å². The molecule has 0 saturated carbocycles. The molecule has 7 heteroatoms. The van der Waals surface area contributed by atoms with Gasteiger partial charge in [-0.3, -0.25) is 9.20 Å². The van der Waals surface area contributed by atoms with Crippen LogP contribution in [-0.4, -0.2) is 46.7 Å². The predicted molar refractivity (Wildman–Crippen MR) is 103 cm³/mol. The summed E-state index contributed by atoms with van der Waals surface area (Å²) in [5.74, 6) is 1.38. The number of nitrogens with one attached hydrogen (secondary N) is 1. The van der Waals surface area contributed by atoms with E-state index in [9.17, 15) is 4.79 Å². The highest BCUT2D eigenvalue weighted by atomic mass is 16.5. The summed E-state index contributed by atoms with van der Waals surface area (Å²) in [5.41, 5.74) is 2.54. The van der Waals surface area contributed by atoms with Crippen molar-refractivity contribution in [3.8, 4) is 5.75 Å². The molecule has 4 rings (SSSR count). The van der Waals surface area contributed by atoms with Crippen molar-refractivity contribution in [2.45, 2.75) is 25.8 Å². The number of benzene rings is 1. The molecule has 0 radical (unpaired) electrons. The maximum Gasteiger partial charge on any atom is 0.255 e. The quantitative estimate of drug-likeness (QED) is 0.769. The number of aromatic nitrogens is 3. The predicted octanol–water partition coefficient (Wildman–Crippen LogP) is 2.45. The molecule has 3 heterocycles. The number of anilines is 1. The fourth-order valence-corrected chi connectivity index (χ4v) is 3.61. The number of pyridine rings is 1. The monoisotopic (exact) mass is 365 g/mol. The minimum absolute atomic E-state index is 0.0883. The highest BCUT2D eigenvalue weighted by Crippen LogP contribution is 2.22. The van der Waals surface area contributed by atoms with E-state index in [0.29, 0.717) is 11.3 Å². The van der Waals surface area contributed by atoms with E-state index < -0.39 is 0 Å². The minimum atomic E-state index is -0.0883. The van der Waals surface area contributed by atoms with Gasteiger partial charge in [0.15, 0.2) is 5.65 Å². The zero-order valence-corrected chi connectivity index (χ0v) is 15.6. The summed E-state index contributed by atoms with van der Waals surface area (Å²) in [4.78, 5) is 14.8. The van der Waals surface area contributed by atoms with Crippen molar-refractivity contribution >= 4 is 17.5 Å². The van der Waals surface area contributed by atoms with Crippen LogP contribution in [0.2, 0.25) is 0 Å². The van der Waals surface area contributed by atoms with Crippen molar-refractivity contribution in [3.63, 3.8) is 0 Å². The van der Waals surface area contributed by atoms with Crippen LogP contribution in [0.3, 0.4) is 0 Å². The molecule has 0 aliphatic carbocycles. The minimum Gasteiger partial charge on any atom is -0.496 e. The van der Waals surface area contributed by atoms with Gasteiger partial charge in [0.2, 0.25) is 5.95 Å². The fraction of sp³-hybridized carbons (Fsp3) is 0.350. The Bertz CT molecular complexity index is 960. The number of amides is 1. The van der Waals surface area contributed by atoms with Crippen LogP contribution in [0.15, 0.2) is 42.5 Å². The van der Waals surface area contributed by atoms with E-state index in [1.54, 1.807) is 19.2 Å². The Labute approximate surface area is 158 Å². The third-order valence-electron chi connectivity index (χ3n) is 5.07. The number of carbonyl (C=O) groups is 1. The molecule has 7 nitrogen and oxygen atoms in total. The zero-order valence-electron chi connectivity index (χ0n) is 15.6. The maximum absolute atomic E-state index is 12.6. The number of piperidine rings is 1.